The van der Waals surface area contributed by atoms with Crippen LogP contribution in [-0.2, 0) is 17.5 Å². The van der Waals surface area contributed by atoms with E-state index in [2.05, 4.69) is 10.4 Å². The summed E-state index contributed by atoms with van der Waals surface area (Å²) in [5.41, 5.74) is -0.775. The normalized spacial score (nSPS) is 14.7. The number of aromatic nitrogens is 2. The molecule has 0 saturated heterocycles. The highest BCUT2D eigenvalue weighted by atomic mass is 35.5. The lowest BCUT2D eigenvalue weighted by atomic mass is 10.2. The molecule has 24 heavy (non-hydrogen) atoms. The summed E-state index contributed by atoms with van der Waals surface area (Å²) in [5.74, 6) is -0.854. The van der Waals surface area contributed by atoms with E-state index in [4.69, 9.17) is 11.6 Å². The number of phenolic OH excluding ortho intramolecular Hbond substituents is 1. The Balaban J connectivity index is 1.84. The fraction of sp³-hybridized carbons (Fsp3) is 0.333. The number of hydrogen-bond donors (Lipinski definition) is 2. The van der Waals surface area contributed by atoms with Crippen molar-refractivity contribution in [1.29, 1.82) is 0 Å². The van der Waals surface area contributed by atoms with Crippen LogP contribution >= 0.6 is 11.6 Å². The van der Waals surface area contributed by atoms with Gasteiger partial charge in [-0.15, -0.1) is 0 Å². The monoisotopic (exact) mass is 359 g/mol. The Morgan fingerprint density at radius 3 is 2.62 bits per heavy atom. The van der Waals surface area contributed by atoms with Crippen molar-refractivity contribution < 1.29 is 23.1 Å². The minimum atomic E-state index is -4.68. The number of phenols is 1. The van der Waals surface area contributed by atoms with Gasteiger partial charge in [0.25, 0.3) is 0 Å². The van der Waals surface area contributed by atoms with Crippen LogP contribution in [0.15, 0.2) is 24.3 Å². The van der Waals surface area contributed by atoms with Gasteiger partial charge in [0.15, 0.2) is 5.69 Å². The zero-order valence-corrected chi connectivity index (χ0v) is 13.0. The highest BCUT2D eigenvalue weighted by Crippen LogP contribution is 2.46. The van der Waals surface area contributed by atoms with Crippen molar-refractivity contribution in [2.24, 2.45) is 0 Å². The van der Waals surface area contributed by atoms with Gasteiger partial charge in [0, 0.05) is 5.92 Å². The minimum Gasteiger partial charge on any atom is -0.506 e. The maximum absolute atomic E-state index is 13.0. The van der Waals surface area contributed by atoms with E-state index in [1.807, 2.05) is 0 Å². The summed E-state index contributed by atoms with van der Waals surface area (Å²) < 4.78 is 39.9. The fourth-order valence-corrected chi connectivity index (χ4v) is 2.80. The Hall–Kier alpha value is -2.22. The molecule has 0 aliphatic heterocycles. The molecule has 1 aromatic heterocycles. The number of anilines is 1. The molecule has 1 aliphatic rings. The highest BCUT2D eigenvalue weighted by Gasteiger charge is 2.42. The van der Waals surface area contributed by atoms with E-state index in [1.54, 1.807) is 12.1 Å². The van der Waals surface area contributed by atoms with Crippen molar-refractivity contribution in [3.8, 4) is 5.75 Å². The fourth-order valence-electron chi connectivity index (χ4n) is 2.41. The van der Waals surface area contributed by atoms with Crippen LogP contribution in [0.2, 0.25) is 5.02 Å². The molecule has 0 atom stereocenters. The molecule has 2 N–H and O–H groups in total. The number of nitrogens with one attached hydrogen (secondary N) is 1. The largest absolute Gasteiger partial charge is 0.506 e. The van der Waals surface area contributed by atoms with Crippen LogP contribution in [-0.4, -0.2) is 20.8 Å². The SMILES string of the molecule is O=C(Cn1nc(C(F)(F)F)c(Cl)c1C1CC1)Nc1ccccc1O. The summed E-state index contributed by atoms with van der Waals surface area (Å²) in [6, 6.07) is 6.06. The summed E-state index contributed by atoms with van der Waals surface area (Å²) in [6.45, 7) is -0.421. The average Bonchev–Trinajstić information content (AvgIpc) is 3.25. The molecular weight excluding hydrogens is 347 g/mol. The number of para-hydroxylation sites is 2. The van der Waals surface area contributed by atoms with Gasteiger partial charge in [0.2, 0.25) is 5.91 Å². The number of halogens is 4. The Morgan fingerprint density at radius 2 is 2.04 bits per heavy atom. The predicted octanol–water partition coefficient (Wildman–Crippen LogP) is 3.78. The molecule has 0 unspecified atom stereocenters. The first kappa shape index (κ1) is 16.6. The molecule has 3 rings (SSSR count). The molecule has 128 valence electrons. The second-order valence-corrected chi connectivity index (χ2v) is 5.92. The summed E-state index contributed by atoms with van der Waals surface area (Å²) in [4.78, 5) is 12.1. The van der Waals surface area contributed by atoms with Gasteiger partial charge in [-0.2, -0.15) is 18.3 Å². The molecule has 2 aromatic rings. The Labute approximate surface area is 140 Å². The number of carbonyl (C=O) groups excluding carboxylic acids is 1. The van der Waals surface area contributed by atoms with E-state index in [9.17, 15) is 23.1 Å². The Morgan fingerprint density at radius 1 is 1.38 bits per heavy atom. The molecule has 1 aromatic carbocycles. The lowest BCUT2D eigenvalue weighted by molar-refractivity contribution is -0.141. The van der Waals surface area contributed by atoms with E-state index < -0.39 is 29.3 Å². The molecular formula is C15H13ClF3N3O2. The Kier molecular flexibility index (Phi) is 4.16. The Bertz CT molecular complexity index is 785. The molecule has 5 nitrogen and oxygen atoms in total. The number of nitrogens with zero attached hydrogens (tertiary/aromatic N) is 2. The highest BCUT2D eigenvalue weighted by molar-refractivity contribution is 6.32. The second kappa shape index (κ2) is 6.01. The lowest BCUT2D eigenvalue weighted by Gasteiger charge is -2.09. The van der Waals surface area contributed by atoms with Crippen molar-refractivity contribution in [3.05, 3.63) is 40.7 Å². The average molecular weight is 360 g/mol. The van der Waals surface area contributed by atoms with Crippen LogP contribution in [0.4, 0.5) is 18.9 Å². The van der Waals surface area contributed by atoms with Crippen LogP contribution in [0.5, 0.6) is 5.75 Å². The standard InChI is InChI=1S/C15H13ClF3N3O2/c16-12-13(8-5-6-8)22(21-14(12)15(17,18)19)7-11(24)20-9-3-1-2-4-10(9)23/h1-4,8,23H,5-7H2,(H,20,24). The van der Waals surface area contributed by atoms with Crippen molar-refractivity contribution in [1.82, 2.24) is 9.78 Å². The lowest BCUT2D eigenvalue weighted by Crippen LogP contribution is -2.21. The summed E-state index contributed by atoms with van der Waals surface area (Å²) in [6.07, 6.45) is -3.26. The van der Waals surface area contributed by atoms with E-state index in [1.165, 1.54) is 12.1 Å². The van der Waals surface area contributed by atoms with Crippen molar-refractivity contribution >= 4 is 23.2 Å². The van der Waals surface area contributed by atoms with E-state index in [0.717, 1.165) is 4.68 Å². The number of carbonyl (C=O) groups is 1. The van der Waals surface area contributed by atoms with Crippen LogP contribution in [0.3, 0.4) is 0 Å². The third-order valence-corrected chi connectivity index (χ3v) is 4.01. The number of amides is 1. The third kappa shape index (κ3) is 3.33. The van der Waals surface area contributed by atoms with Gasteiger partial charge < -0.3 is 10.4 Å². The minimum absolute atomic E-state index is 0.112. The van der Waals surface area contributed by atoms with Crippen molar-refractivity contribution in [3.63, 3.8) is 0 Å². The first-order valence-corrected chi connectivity index (χ1v) is 7.56. The van der Waals surface area contributed by atoms with Crippen molar-refractivity contribution in [2.75, 3.05) is 5.32 Å². The number of alkyl halides is 3. The molecule has 9 heteroatoms. The third-order valence-electron chi connectivity index (χ3n) is 3.64. The summed E-state index contributed by atoms with van der Waals surface area (Å²) in [5, 5.41) is 15.1. The summed E-state index contributed by atoms with van der Waals surface area (Å²) >= 11 is 5.84. The van der Waals surface area contributed by atoms with E-state index >= 15 is 0 Å². The molecule has 1 amide bonds. The quantitative estimate of drug-likeness (QED) is 0.816. The van der Waals surface area contributed by atoms with Gasteiger partial charge in [-0.3, -0.25) is 9.48 Å². The van der Waals surface area contributed by atoms with Crippen LogP contribution in [0.25, 0.3) is 0 Å². The molecule has 1 heterocycles. The van der Waals surface area contributed by atoms with Crippen LogP contribution < -0.4 is 5.32 Å². The number of aromatic hydroxyl groups is 1. The molecule has 0 bridgehead atoms. The van der Waals surface area contributed by atoms with E-state index in [0.29, 0.717) is 12.8 Å². The maximum atomic E-state index is 13.0. The molecule has 1 saturated carbocycles. The van der Waals surface area contributed by atoms with Gasteiger partial charge in [0.05, 0.1) is 16.4 Å². The molecule has 0 radical (unpaired) electrons. The zero-order valence-electron chi connectivity index (χ0n) is 12.3. The number of benzene rings is 1. The molecule has 1 aliphatic carbocycles. The number of rotatable bonds is 4. The van der Waals surface area contributed by atoms with E-state index in [-0.39, 0.29) is 23.0 Å². The zero-order chi connectivity index (χ0) is 17.5. The van der Waals surface area contributed by atoms with Crippen LogP contribution in [0, 0.1) is 0 Å². The van der Waals surface area contributed by atoms with Crippen molar-refractivity contribution in [2.45, 2.75) is 31.5 Å². The first-order chi connectivity index (χ1) is 11.3. The maximum Gasteiger partial charge on any atom is 0.436 e. The number of hydrogen-bond acceptors (Lipinski definition) is 3. The van der Waals surface area contributed by atoms with Gasteiger partial charge in [-0.25, -0.2) is 0 Å². The first-order valence-electron chi connectivity index (χ1n) is 7.18. The topological polar surface area (TPSA) is 67.2 Å². The smallest absolute Gasteiger partial charge is 0.436 e. The van der Waals surface area contributed by atoms with Gasteiger partial charge in [-0.05, 0) is 25.0 Å². The van der Waals surface area contributed by atoms with Crippen LogP contribution in [0.1, 0.15) is 30.1 Å². The van der Waals surface area contributed by atoms with Gasteiger partial charge in [0.1, 0.15) is 12.3 Å². The predicted molar refractivity (Wildman–Crippen MR) is 81.0 cm³/mol. The molecule has 0 spiro atoms. The second-order valence-electron chi connectivity index (χ2n) is 5.54. The summed E-state index contributed by atoms with van der Waals surface area (Å²) in [7, 11) is 0. The van der Waals surface area contributed by atoms with Gasteiger partial charge in [-0.1, -0.05) is 23.7 Å². The van der Waals surface area contributed by atoms with Gasteiger partial charge >= 0.3 is 6.18 Å². The molecule has 1 fully saturated rings.